The van der Waals surface area contributed by atoms with E-state index in [2.05, 4.69) is 16.3 Å². The SMILES string of the molecule is CC(Cl)c1nnc(-c2cccc(C#N)c2)s1. The van der Waals surface area contributed by atoms with Crippen LogP contribution in [0.4, 0.5) is 0 Å². The van der Waals surface area contributed by atoms with Gasteiger partial charge >= 0.3 is 0 Å². The van der Waals surface area contributed by atoms with Crippen LogP contribution in [0.25, 0.3) is 10.6 Å². The second-order valence-corrected chi connectivity index (χ2v) is 4.92. The highest BCUT2D eigenvalue weighted by atomic mass is 35.5. The van der Waals surface area contributed by atoms with Gasteiger partial charge < -0.3 is 0 Å². The molecule has 1 aromatic heterocycles. The summed E-state index contributed by atoms with van der Waals surface area (Å²) in [5.74, 6) is 0. The highest BCUT2D eigenvalue weighted by Crippen LogP contribution is 2.29. The first-order valence-corrected chi connectivity index (χ1v) is 5.94. The maximum atomic E-state index is 8.80. The summed E-state index contributed by atoms with van der Waals surface area (Å²) in [6, 6.07) is 9.39. The number of rotatable bonds is 2. The van der Waals surface area contributed by atoms with Crippen LogP contribution in [0.15, 0.2) is 24.3 Å². The standard InChI is InChI=1S/C11H8ClN3S/c1-7(12)10-14-15-11(16-10)9-4-2-3-8(5-9)6-13/h2-5,7H,1H3. The van der Waals surface area contributed by atoms with Crippen molar-refractivity contribution >= 4 is 22.9 Å². The molecular weight excluding hydrogens is 242 g/mol. The molecule has 2 aromatic rings. The number of hydrogen-bond donors (Lipinski definition) is 0. The largest absolute Gasteiger partial charge is 0.192 e. The number of nitrogens with zero attached hydrogens (tertiary/aromatic N) is 3. The lowest BCUT2D eigenvalue weighted by molar-refractivity contribution is 0.962. The van der Waals surface area contributed by atoms with Gasteiger partial charge in [-0.1, -0.05) is 23.5 Å². The number of nitriles is 1. The van der Waals surface area contributed by atoms with E-state index in [4.69, 9.17) is 16.9 Å². The summed E-state index contributed by atoms with van der Waals surface area (Å²) in [6.07, 6.45) is 0. The second-order valence-electron chi connectivity index (χ2n) is 3.25. The second kappa shape index (κ2) is 4.60. The van der Waals surface area contributed by atoms with Crippen LogP contribution in [0.2, 0.25) is 0 Å². The molecule has 2 rings (SSSR count). The van der Waals surface area contributed by atoms with Crippen molar-refractivity contribution in [3.05, 3.63) is 34.8 Å². The van der Waals surface area contributed by atoms with Gasteiger partial charge in [0.15, 0.2) is 0 Å². The highest BCUT2D eigenvalue weighted by molar-refractivity contribution is 7.15. The molecule has 5 heteroatoms. The molecule has 1 heterocycles. The summed E-state index contributed by atoms with van der Waals surface area (Å²) in [4.78, 5) is 0. The van der Waals surface area contributed by atoms with Crippen LogP contribution in [0, 0.1) is 11.3 Å². The van der Waals surface area contributed by atoms with Crippen molar-refractivity contribution in [2.45, 2.75) is 12.3 Å². The number of benzene rings is 1. The number of halogens is 1. The zero-order chi connectivity index (χ0) is 11.5. The summed E-state index contributed by atoms with van der Waals surface area (Å²) < 4.78 is 0. The molecule has 0 fully saturated rings. The summed E-state index contributed by atoms with van der Waals surface area (Å²) in [6.45, 7) is 1.86. The maximum absolute atomic E-state index is 8.80. The molecule has 0 spiro atoms. The van der Waals surface area contributed by atoms with Crippen molar-refractivity contribution in [2.24, 2.45) is 0 Å². The Morgan fingerprint density at radius 2 is 2.25 bits per heavy atom. The van der Waals surface area contributed by atoms with Gasteiger partial charge in [-0.15, -0.1) is 21.8 Å². The fraction of sp³-hybridized carbons (Fsp3) is 0.182. The van der Waals surface area contributed by atoms with Crippen molar-refractivity contribution in [3.63, 3.8) is 0 Å². The predicted octanol–water partition coefficient (Wildman–Crippen LogP) is 3.38. The Kier molecular flexibility index (Phi) is 3.18. The Bertz CT molecular complexity index is 542. The molecule has 1 atom stereocenters. The van der Waals surface area contributed by atoms with Crippen LogP contribution in [-0.2, 0) is 0 Å². The van der Waals surface area contributed by atoms with E-state index in [1.54, 1.807) is 12.1 Å². The van der Waals surface area contributed by atoms with Crippen LogP contribution in [0.1, 0.15) is 22.9 Å². The van der Waals surface area contributed by atoms with Gasteiger partial charge in [-0.3, -0.25) is 0 Å². The van der Waals surface area contributed by atoms with Gasteiger partial charge in [-0.05, 0) is 19.1 Å². The van der Waals surface area contributed by atoms with Crippen LogP contribution in [0.5, 0.6) is 0 Å². The average Bonchev–Trinajstić information content (AvgIpc) is 2.78. The number of aromatic nitrogens is 2. The first-order valence-electron chi connectivity index (χ1n) is 4.68. The monoisotopic (exact) mass is 249 g/mol. The zero-order valence-corrected chi connectivity index (χ0v) is 10.1. The Morgan fingerprint density at radius 1 is 1.44 bits per heavy atom. The molecule has 0 bridgehead atoms. The fourth-order valence-corrected chi connectivity index (χ4v) is 2.18. The summed E-state index contributed by atoms with van der Waals surface area (Å²) in [5, 5.41) is 18.3. The van der Waals surface area contributed by atoms with E-state index in [0.717, 1.165) is 15.6 Å². The smallest absolute Gasteiger partial charge is 0.147 e. The van der Waals surface area contributed by atoms with E-state index in [1.165, 1.54) is 11.3 Å². The Hall–Kier alpha value is -1.44. The Labute approximate surface area is 102 Å². The third kappa shape index (κ3) is 2.21. The molecule has 0 N–H and O–H groups in total. The first-order chi connectivity index (χ1) is 7.70. The molecular formula is C11H8ClN3S. The van der Waals surface area contributed by atoms with Crippen LogP contribution in [0.3, 0.4) is 0 Å². The van der Waals surface area contributed by atoms with E-state index in [1.807, 2.05) is 19.1 Å². The van der Waals surface area contributed by atoms with Gasteiger partial charge in [0.1, 0.15) is 10.0 Å². The summed E-state index contributed by atoms with van der Waals surface area (Å²) >= 11 is 7.37. The van der Waals surface area contributed by atoms with E-state index >= 15 is 0 Å². The molecule has 0 saturated carbocycles. The van der Waals surface area contributed by atoms with Crippen molar-refractivity contribution in [1.82, 2.24) is 10.2 Å². The van der Waals surface area contributed by atoms with E-state index in [-0.39, 0.29) is 5.38 Å². The molecule has 0 aliphatic carbocycles. The third-order valence-electron chi connectivity index (χ3n) is 2.02. The van der Waals surface area contributed by atoms with Crippen molar-refractivity contribution in [2.75, 3.05) is 0 Å². The minimum Gasteiger partial charge on any atom is -0.192 e. The number of hydrogen-bond acceptors (Lipinski definition) is 4. The molecule has 3 nitrogen and oxygen atoms in total. The fourth-order valence-electron chi connectivity index (χ4n) is 1.23. The lowest BCUT2D eigenvalue weighted by Crippen LogP contribution is -1.81. The summed E-state index contributed by atoms with van der Waals surface area (Å²) in [7, 11) is 0. The number of alkyl halides is 1. The van der Waals surface area contributed by atoms with Crippen LogP contribution < -0.4 is 0 Å². The van der Waals surface area contributed by atoms with E-state index in [9.17, 15) is 0 Å². The van der Waals surface area contributed by atoms with Crippen LogP contribution in [-0.4, -0.2) is 10.2 Å². The third-order valence-corrected chi connectivity index (χ3v) is 3.51. The lowest BCUT2D eigenvalue weighted by atomic mass is 10.1. The predicted molar refractivity (Wildman–Crippen MR) is 64.3 cm³/mol. The minimum atomic E-state index is -0.134. The molecule has 80 valence electrons. The first kappa shape index (κ1) is 11.1. The molecule has 0 aliphatic rings. The van der Waals surface area contributed by atoms with Gasteiger partial charge in [-0.2, -0.15) is 5.26 Å². The Morgan fingerprint density at radius 3 is 2.88 bits per heavy atom. The van der Waals surface area contributed by atoms with Crippen molar-refractivity contribution in [1.29, 1.82) is 5.26 Å². The molecule has 0 saturated heterocycles. The van der Waals surface area contributed by atoms with Crippen LogP contribution >= 0.6 is 22.9 Å². The molecule has 0 radical (unpaired) electrons. The van der Waals surface area contributed by atoms with Gasteiger partial charge in [0.2, 0.25) is 0 Å². The van der Waals surface area contributed by atoms with Gasteiger partial charge in [0.05, 0.1) is 17.0 Å². The summed E-state index contributed by atoms with van der Waals surface area (Å²) in [5.41, 5.74) is 1.52. The van der Waals surface area contributed by atoms with Crippen molar-refractivity contribution < 1.29 is 0 Å². The Balaban J connectivity index is 2.39. The van der Waals surface area contributed by atoms with Crippen molar-refractivity contribution in [3.8, 4) is 16.6 Å². The molecule has 16 heavy (non-hydrogen) atoms. The average molecular weight is 250 g/mol. The normalized spacial score (nSPS) is 12.1. The van der Waals surface area contributed by atoms with Gasteiger partial charge in [-0.25, -0.2) is 0 Å². The van der Waals surface area contributed by atoms with Gasteiger partial charge in [0, 0.05) is 5.56 Å². The van der Waals surface area contributed by atoms with E-state index in [0.29, 0.717) is 5.56 Å². The molecule has 0 amide bonds. The quantitative estimate of drug-likeness (QED) is 0.767. The van der Waals surface area contributed by atoms with E-state index < -0.39 is 0 Å². The minimum absolute atomic E-state index is 0.134. The molecule has 0 aliphatic heterocycles. The maximum Gasteiger partial charge on any atom is 0.147 e. The molecule has 1 unspecified atom stereocenters. The topological polar surface area (TPSA) is 49.6 Å². The highest BCUT2D eigenvalue weighted by Gasteiger charge is 2.10. The molecule has 1 aromatic carbocycles. The zero-order valence-electron chi connectivity index (χ0n) is 8.51. The lowest BCUT2D eigenvalue weighted by Gasteiger charge is -1.95. The van der Waals surface area contributed by atoms with Gasteiger partial charge in [0.25, 0.3) is 0 Å².